The Kier molecular flexibility index (Phi) is 3.62. The number of nitrogens with zero attached hydrogens (tertiary/aromatic N) is 2. The molecule has 5 heteroatoms. The van der Waals surface area contributed by atoms with E-state index in [2.05, 4.69) is 9.97 Å². The minimum Gasteiger partial charge on any atom is -0.381 e. The molecule has 1 heterocycles. The topological polar surface area (TPSA) is 61.0 Å². The highest BCUT2D eigenvalue weighted by Gasteiger charge is 2.08. The minimum atomic E-state index is -0.611. The van der Waals surface area contributed by atoms with Crippen LogP contribution in [0.3, 0.4) is 0 Å². The first-order chi connectivity index (χ1) is 8.27. The molecule has 0 aliphatic rings. The second kappa shape index (κ2) is 5.36. The maximum atomic E-state index is 13.4. The molecular weight excluding hydrogens is 221 g/mol. The number of hydrogen-bond donors (Lipinski definition) is 1. The van der Waals surface area contributed by atoms with Gasteiger partial charge in [-0.2, -0.15) is 0 Å². The van der Waals surface area contributed by atoms with Crippen LogP contribution >= 0.6 is 0 Å². The summed E-state index contributed by atoms with van der Waals surface area (Å²) in [6, 6.07) is 9.63. The van der Waals surface area contributed by atoms with Crippen LogP contribution in [0.5, 0.6) is 0 Å². The van der Waals surface area contributed by atoms with E-state index in [0.717, 1.165) is 5.56 Å². The first-order valence-electron chi connectivity index (χ1n) is 5.14. The molecule has 0 spiro atoms. The van der Waals surface area contributed by atoms with Crippen LogP contribution in [0.2, 0.25) is 0 Å². The molecule has 0 radical (unpaired) electrons. The van der Waals surface area contributed by atoms with Gasteiger partial charge in [-0.25, -0.2) is 14.4 Å². The molecule has 17 heavy (non-hydrogen) atoms. The monoisotopic (exact) mass is 233 g/mol. The van der Waals surface area contributed by atoms with Crippen LogP contribution in [-0.4, -0.2) is 9.97 Å². The second-order valence-corrected chi connectivity index (χ2v) is 3.50. The summed E-state index contributed by atoms with van der Waals surface area (Å²) in [7, 11) is 0. The summed E-state index contributed by atoms with van der Waals surface area (Å²) in [5.74, 6) is -0.765. The standard InChI is InChI=1S/C12H12FN3O/c13-11-10(15-8-16-12(11)14)7-17-6-9-4-2-1-3-5-9/h1-5,8H,6-7H2,(H2,14,15,16). The van der Waals surface area contributed by atoms with Gasteiger partial charge in [0.1, 0.15) is 12.0 Å². The molecule has 0 aliphatic carbocycles. The Labute approximate surface area is 98.3 Å². The first-order valence-corrected chi connectivity index (χ1v) is 5.14. The fourth-order valence-electron chi connectivity index (χ4n) is 1.36. The molecule has 1 aromatic carbocycles. The summed E-state index contributed by atoms with van der Waals surface area (Å²) < 4.78 is 18.8. The zero-order valence-electron chi connectivity index (χ0n) is 9.14. The van der Waals surface area contributed by atoms with E-state index >= 15 is 0 Å². The van der Waals surface area contributed by atoms with E-state index in [-0.39, 0.29) is 18.1 Å². The number of anilines is 1. The third-order valence-corrected chi connectivity index (χ3v) is 2.24. The Morgan fingerprint density at radius 1 is 1.12 bits per heavy atom. The van der Waals surface area contributed by atoms with Gasteiger partial charge in [-0.15, -0.1) is 0 Å². The summed E-state index contributed by atoms with van der Waals surface area (Å²) in [6.07, 6.45) is 1.22. The van der Waals surface area contributed by atoms with Crippen LogP contribution in [-0.2, 0) is 18.0 Å². The highest BCUT2D eigenvalue weighted by molar-refractivity contribution is 5.30. The molecule has 88 valence electrons. The van der Waals surface area contributed by atoms with E-state index in [1.807, 2.05) is 30.3 Å². The lowest BCUT2D eigenvalue weighted by Gasteiger charge is -2.05. The number of ether oxygens (including phenoxy) is 1. The van der Waals surface area contributed by atoms with Crippen molar-refractivity contribution >= 4 is 5.82 Å². The number of nitrogens with two attached hydrogens (primary N) is 1. The molecule has 0 amide bonds. The Bertz CT molecular complexity index is 490. The van der Waals surface area contributed by atoms with Crippen molar-refractivity contribution < 1.29 is 9.13 Å². The minimum absolute atomic E-state index is 0.0768. The van der Waals surface area contributed by atoms with E-state index in [1.54, 1.807) is 0 Å². The summed E-state index contributed by atoms with van der Waals surface area (Å²) >= 11 is 0. The smallest absolute Gasteiger partial charge is 0.189 e. The van der Waals surface area contributed by atoms with Gasteiger partial charge < -0.3 is 10.5 Å². The van der Waals surface area contributed by atoms with E-state index in [0.29, 0.717) is 6.61 Å². The average molecular weight is 233 g/mol. The van der Waals surface area contributed by atoms with E-state index < -0.39 is 5.82 Å². The molecule has 0 saturated heterocycles. The summed E-state index contributed by atoms with van der Waals surface area (Å²) in [5, 5.41) is 0. The molecular formula is C12H12FN3O. The van der Waals surface area contributed by atoms with Crippen molar-refractivity contribution in [2.75, 3.05) is 5.73 Å². The largest absolute Gasteiger partial charge is 0.381 e. The Morgan fingerprint density at radius 2 is 1.88 bits per heavy atom. The summed E-state index contributed by atoms with van der Waals surface area (Å²) in [5.41, 5.74) is 6.52. The maximum Gasteiger partial charge on any atom is 0.189 e. The lowest BCUT2D eigenvalue weighted by atomic mass is 10.2. The molecule has 0 saturated carbocycles. The van der Waals surface area contributed by atoms with Crippen molar-refractivity contribution in [1.29, 1.82) is 0 Å². The van der Waals surface area contributed by atoms with Crippen molar-refractivity contribution in [3.05, 3.63) is 53.7 Å². The number of nitrogen functional groups attached to an aromatic ring is 1. The van der Waals surface area contributed by atoms with Gasteiger partial charge in [0.25, 0.3) is 0 Å². The quantitative estimate of drug-likeness (QED) is 0.876. The zero-order chi connectivity index (χ0) is 12.1. The lowest BCUT2D eigenvalue weighted by Crippen LogP contribution is -2.04. The van der Waals surface area contributed by atoms with Crippen molar-refractivity contribution in [2.24, 2.45) is 0 Å². The zero-order valence-corrected chi connectivity index (χ0v) is 9.14. The highest BCUT2D eigenvalue weighted by atomic mass is 19.1. The fourth-order valence-corrected chi connectivity index (χ4v) is 1.36. The van der Waals surface area contributed by atoms with Crippen molar-refractivity contribution in [1.82, 2.24) is 9.97 Å². The van der Waals surface area contributed by atoms with Gasteiger partial charge in [-0.3, -0.25) is 0 Å². The first kappa shape index (κ1) is 11.5. The molecule has 2 aromatic rings. The van der Waals surface area contributed by atoms with Crippen molar-refractivity contribution in [2.45, 2.75) is 13.2 Å². The van der Waals surface area contributed by atoms with E-state index in [4.69, 9.17) is 10.5 Å². The van der Waals surface area contributed by atoms with Crippen LogP contribution in [0, 0.1) is 5.82 Å². The molecule has 4 nitrogen and oxygen atoms in total. The summed E-state index contributed by atoms with van der Waals surface area (Å²) in [6.45, 7) is 0.484. The van der Waals surface area contributed by atoms with Crippen LogP contribution in [0.25, 0.3) is 0 Å². The van der Waals surface area contributed by atoms with Gasteiger partial charge in [-0.05, 0) is 5.56 Å². The van der Waals surface area contributed by atoms with Gasteiger partial charge >= 0.3 is 0 Å². The Hall–Kier alpha value is -2.01. The average Bonchev–Trinajstić information content (AvgIpc) is 2.36. The molecule has 1 aromatic heterocycles. The molecule has 2 rings (SSSR count). The van der Waals surface area contributed by atoms with E-state index in [9.17, 15) is 4.39 Å². The molecule has 0 fully saturated rings. The van der Waals surface area contributed by atoms with Crippen LogP contribution in [0.15, 0.2) is 36.7 Å². The fraction of sp³-hybridized carbons (Fsp3) is 0.167. The lowest BCUT2D eigenvalue weighted by molar-refractivity contribution is 0.102. The third-order valence-electron chi connectivity index (χ3n) is 2.24. The number of halogens is 1. The number of benzene rings is 1. The van der Waals surface area contributed by atoms with Gasteiger partial charge in [0.15, 0.2) is 11.6 Å². The molecule has 2 N–H and O–H groups in total. The Morgan fingerprint density at radius 3 is 2.65 bits per heavy atom. The molecule has 0 bridgehead atoms. The van der Waals surface area contributed by atoms with Gasteiger partial charge in [0, 0.05) is 0 Å². The van der Waals surface area contributed by atoms with Gasteiger partial charge in [0.05, 0.1) is 13.2 Å². The summed E-state index contributed by atoms with van der Waals surface area (Å²) in [4.78, 5) is 7.32. The van der Waals surface area contributed by atoms with Crippen LogP contribution < -0.4 is 5.73 Å². The van der Waals surface area contributed by atoms with Crippen LogP contribution in [0.4, 0.5) is 10.2 Å². The molecule has 0 unspecified atom stereocenters. The third kappa shape index (κ3) is 2.98. The number of rotatable bonds is 4. The molecule has 0 atom stereocenters. The van der Waals surface area contributed by atoms with Gasteiger partial charge in [-0.1, -0.05) is 30.3 Å². The molecule has 0 aliphatic heterocycles. The predicted octanol–water partition coefficient (Wildman–Crippen LogP) is 1.91. The van der Waals surface area contributed by atoms with Crippen molar-refractivity contribution in [3.63, 3.8) is 0 Å². The number of hydrogen-bond acceptors (Lipinski definition) is 4. The van der Waals surface area contributed by atoms with Crippen molar-refractivity contribution in [3.8, 4) is 0 Å². The van der Waals surface area contributed by atoms with Gasteiger partial charge in [0.2, 0.25) is 0 Å². The maximum absolute atomic E-state index is 13.4. The number of aromatic nitrogens is 2. The second-order valence-electron chi connectivity index (χ2n) is 3.50. The predicted molar refractivity (Wildman–Crippen MR) is 61.3 cm³/mol. The highest BCUT2D eigenvalue weighted by Crippen LogP contribution is 2.11. The Balaban J connectivity index is 1.93. The van der Waals surface area contributed by atoms with Crippen LogP contribution in [0.1, 0.15) is 11.3 Å². The van der Waals surface area contributed by atoms with E-state index in [1.165, 1.54) is 6.33 Å². The SMILES string of the molecule is Nc1ncnc(COCc2ccccc2)c1F. The normalized spacial score (nSPS) is 10.4.